The van der Waals surface area contributed by atoms with Crippen molar-refractivity contribution >= 4 is 0 Å². The van der Waals surface area contributed by atoms with Crippen molar-refractivity contribution in [3.8, 4) is 0 Å². The molecule has 1 atom stereocenters. The molecule has 4 nitrogen and oxygen atoms in total. The van der Waals surface area contributed by atoms with E-state index in [4.69, 9.17) is 5.73 Å². The number of nitrogens with zero attached hydrogens (tertiary/aromatic N) is 3. The van der Waals surface area contributed by atoms with Crippen LogP contribution in [0, 0.1) is 5.82 Å². The third-order valence-corrected chi connectivity index (χ3v) is 2.26. The zero-order chi connectivity index (χ0) is 11.5. The van der Waals surface area contributed by atoms with E-state index in [-0.39, 0.29) is 11.9 Å². The highest BCUT2D eigenvalue weighted by Crippen LogP contribution is 2.07. The molecular weight excluding hydrogens is 207 g/mol. The van der Waals surface area contributed by atoms with Crippen molar-refractivity contribution in [2.45, 2.75) is 19.5 Å². The number of nitrogens with two attached hydrogens (primary N) is 1. The van der Waals surface area contributed by atoms with Crippen LogP contribution in [-0.2, 0) is 6.54 Å². The molecule has 2 N–H and O–H groups in total. The van der Waals surface area contributed by atoms with Gasteiger partial charge in [-0.05, 0) is 24.6 Å². The first-order valence-electron chi connectivity index (χ1n) is 5.05. The molecule has 1 unspecified atom stereocenters. The Morgan fingerprint density at radius 3 is 2.94 bits per heavy atom. The SMILES string of the molecule is CC(N)c1cn(Cc2cccc(F)c2)nn1. The highest BCUT2D eigenvalue weighted by Gasteiger charge is 2.05. The molecule has 0 aliphatic heterocycles. The third kappa shape index (κ3) is 2.43. The monoisotopic (exact) mass is 220 g/mol. The molecule has 0 aliphatic rings. The molecule has 0 saturated heterocycles. The summed E-state index contributed by atoms with van der Waals surface area (Å²) in [7, 11) is 0. The summed E-state index contributed by atoms with van der Waals surface area (Å²) in [5, 5.41) is 7.86. The second-order valence-electron chi connectivity index (χ2n) is 3.76. The number of hydrogen-bond acceptors (Lipinski definition) is 3. The second-order valence-corrected chi connectivity index (χ2v) is 3.76. The zero-order valence-corrected chi connectivity index (χ0v) is 8.97. The van der Waals surface area contributed by atoms with Gasteiger partial charge in [-0.2, -0.15) is 0 Å². The van der Waals surface area contributed by atoms with Crippen molar-refractivity contribution in [3.63, 3.8) is 0 Å². The molecule has 0 bridgehead atoms. The van der Waals surface area contributed by atoms with Crippen molar-refractivity contribution in [2.24, 2.45) is 5.73 Å². The summed E-state index contributed by atoms with van der Waals surface area (Å²) < 4.78 is 14.6. The summed E-state index contributed by atoms with van der Waals surface area (Å²) in [6, 6.07) is 6.27. The molecule has 0 amide bonds. The minimum absolute atomic E-state index is 0.138. The maximum atomic E-state index is 12.9. The van der Waals surface area contributed by atoms with Gasteiger partial charge in [-0.15, -0.1) is 5.10 Å². The van der Waals surface area contributed by atoms with E-state index in [0.717, 1.165) is 11.3 Å². The summed E-state index contributed by atoms with van der Waals surface area (Å²) in [6.07, 6.45) is 1.77. The fourth-order valence-corrected chi connectivity index (χ4v) is 1.42. The highest BCUT2D eigenvalue weighted by molar-refractivity contribution is 5.16. The van der Waals surface area contributed by atoms with Crippen LogP contribution in [0.4, 0.5) is 4.39 Å². The lowest BCUT2D eigenvalue weighted by molar-refractivity contribution is 0.614. The lowest BCUT2D eigenvalue weighted by atomic mass is 10.2. The minimum atomic E-state index is -0.245. The Morgan fingerprint density at radius 2 is 2.31 bits per heavy atom. The number of aromatic nitrogens is 3. The van der Waals surface area contributed by atoms with Gasteiger partial charge in [-0.3, -0.25) is 0 Å². The van der Waals surface area contributed by atoms with E-state index in [9.17, 15) is 4.39 Å². The summed E-state index contributed by atoms with van der Waals surface area (Å²) in [5.74, 6) is -0.245. The molecule has 0 saturated carbocycles. The molecule has 2 aromatic rings. The van der Waals surface area contributed by atoms with Gasteiger partial charge in [0.1, 0.15) is 5.82 Å². The van der Waals surface area contributed by atoms with Crippen LogP contribution < -0.4 is 5.73 Å². The van der Waals surface area contributed by atoms with Gasteiger partial charge >= 0.3 is 0 Å². The molecule has 1 heterocycles. The van der Waals surface area contributed by atoms with Crippen molar-refractivity contribution in [3.05, 3.63) is 47.5 Å². The molecule has 0 radical (unpaired) electrons. The Bertz CT molecular complexity index is 478. The fourth-order valence-electron chi connectivity index (χ4n) is 1.42. The lowest BCUT2D eigenvalue weighted by Gasteiger charge is -2.00. The number of hydrogen-bond donors (Lipinski definition) is 1. The lowest BCUT2D eigenvalue weighted by Crippen LogP contribution is -2.05. The Kier molecular flexibility index (Phi) is 2.96. The molecule has 1 aromatic carbocycles. The molecule has 16 heavy (non-hydrogen) atoms. The molecule has 0 fully saturated rings. The van der Waals surface area contributed by atoms with Crippen molar-refractivity contribution in [1.29, 1.82) is 0 Å². The molecule has 84 valence electrons. The van der Waals surface area contributed by atoms with E-state index in [2.05, 4.69) is 10.3 Å². The van der Waals surface area contributed by atoms with E-state index >= 15 is 0 Å². The van der Waals surface area contributed by atoms with E-state index in [1.165, 1.54) is 12.1 Å². The summed E-state index contributed by atoms with van der Waals surface area (Å²) in [5.41, 5.74) is 7.25. The molecular formula is C11H13FN4. The quantitative estimate of drug-likeness (QED) is 0.852. The van der Waals surface area contributed by atoms with Gasteiger partial charge in [0.25, 0.3) is 0 Å². The molecule has 0 spiro atoms. The van der Waals surface area contributed by atoms with E-state index in [1.807, 2.05) is 13.0 Å². The predicted molar refractivity (Wildman–Crippen MR) is 58.1 cm³/mol. The maximum Gasteiger partial charge on any atom is 0.123 e. The summed E-state index contributed by atoms with van der Waals surface area (Å²) >= 11 is 0. The van der Waals surface area contributed by atoms with Crippen LogP contribution in [0.3, 0.4) is 0 Å². The van der Waals surface area contributed by atoms with Gasteiger partial charge in [-0.25, -0.2) is 9.07 Å². The van der Waals surface area contributed by atoms with Crippen LogP contribution in [0.2, 0.25) is 0 Å². The number of halogens is 1. The van der Waals surface area contributed by atoms with Crippen LogP contribution in [0.1, 0.15) is 24.2 Å². The summed E-state index contributed by atoms with van der Waals surface area (Å²) in [6.45, 7) is 2.34. The largest absolute Gasteiger partial charge is 0.323 e. The average molecular weight is 220 g/mol. The van der Waals surface area contributed by atoms with Gasteiger partial charge < -0.3 is 5.73 Å². The Labute approximate surface area is 92.9 Å². The van der Waals surface area contributed by atoms with Crippen molar-refractivity contribution in [1.82, 2.24) is 15.0 Å². The van der Waals surface area contributed by atoms with Crippen molar-refractivity contribution < 1.29 is 4.39 Å². The van der Waals surface area contributed by atoms with Crippen LogP contribution in [-0.4, -0.2) is 15.0 Å². The van der Waals surface area contributed by atoms with E-state index in [0.29, 0.717) is 6.54 Å². The molecule has 1 aromatic heterocycles. The minimum Gasteiger partial charge on any atom is -0.323 e. The maximum absolute atomic E-state index is 12.9. The van der Waals surface area contributed by atoms with Gasteiger partial charge in [0.05, 0.1) is 18.4 Å². The van der Waals surface area contributed by atoms with Crippen molar-refractivity contribution in [2.75, 3.05) is 0 Å². The normalized spacial score (nSPS) is 12.7. The van der Waals surface area contributed by atoms with Crippen LogP contribution in [0.15, 0.2) is 30.5 Å². The van der Waals surface area contributed by atoms with Gasteiger partial charge in [-0.1, -0.05) is 17.3 Å². The van der Waals surface area contributed by atoms with Gasteiger partial charge in [0.15, 0.2) is 0 Å². The molecule has 0 aliphatic carbocycles. The van der Waals surface area contributed by atoms with Crippen LogP contribution >= 0.6 is 0 Å². The summed E-state index contributed by atoms with van der Waals surface area (Å²) in [4.78, 5) is 0. The Hall–Kier alpha value is -1.75. The first-order chi connectivity index (χ1) is 7.65. The van der Waals surface area contributed by atoms with Crippen LogP contribution in [0.5, 0.6) is 0 Å². The van der Waals surface area contributed by atoms with E-state index < -0.39 is 0 Å². The highest BCUT2D eigenvalue weighted by atomic mass is 19.1. The van der Waals surface area contributed by atoms with E-state index in [1.54, 1.807) is 16.9 Å². The second kappa shape index (κ2) is 4.40. The third-order valence-electron chi connectivity index (χ3n) is 2.26. The predicted octanol–water partition coefficient (Wildman–Crippen LogP) is 1.49. The smallest absolute Gasteiger partial charge is 0.123 e. The standard InChI is InChI=1S/C11H13FN4/c1-8(13)11-7-16(15-14-11)6-9-3-2-4-10(12)5-9/h2-5,7-8H,6,13H2,1H3. The number of rotatable bonds is 3. The zero-order valence-electron chi connectivity index (χ0n) is 8.97. The van der Waals surface area contributed by atoms with Crippen LogP contribution in [0.25, 0.3) is 0 Å². The number of benzene rings is 1. The van der Waals surface area contributed by atoms with Gasteiger partial charge in [0.2, 0.25) is 0 Å². The molecule has 5 heteroatoms. The Morgan fingerprint density at radius 1 is 1.50 bits per heavy atom. The Balaban J connectivity index is 2.14. The first kappa shape index (κ1) is 10.8. The topological polar surface area (TPSA) is 56.7 Å². The van der Waals surface area contributed by atoms with Gasteiger partial charge in [0, 0.05) is 6.04 Å². The fraction of sp³-hybridized carbons (Fsp3) is 0.273. The first-order valence-corrected chi connectivity index (χ1v) is 5.05. The average Bonchev–Trinajstić information content (AvgIpc) is 2.66. The molecule has 2 rings (SSSR count).